The molecule has 10 heteroatoms. The number of Topliss-reactive ketones (excluding diaryl/α,β-unsaturated/α-hetero) is 1. The highest BCUT2D eigenvalue weighted by Gasteiger charge is 2.35. The summed E-state index contributed by atoms with van der Waals surface area (Å²) in [5.41, 5.74) is -0.522. The van der Waals surface area contributed by atoms with Gasteiger partial charge in [-0.3, -0.25) is 4.79 Å². The van der Waals surface area contributed by atoms with E-state index in [1.807, 2.05) is 0 Å². The van der Waals surface area contributed by atoms with E-state index in [9.17, 15) is 31.1 Å². The Morgan fingerprint density at radius 3 is 2.05 bits per heavy atom. The van der Waals surface area contributed by atoms with Crippen LogP contribution < -0.4 is 9.47 Å². The molecule has 0 aliphatic heterocycles. The van der Waals surface area contributed by atoms with Crippen LogP contribution in [0.25, 0.3) is 0 Å². The first-order chi connectivity index (χ1) is 9.39. The number of hydrogen-bond acceptors (Lipinski definition) is 3. The van der Waals surface area contributed by atoms with Gasteiger partial charge in [0.2, 0.25) is 0 Å². The number of halogens is 7. The normalized spacial score (nSPS) is 13.7. The summed E-state index contributed by atoms with van der Waals surface area (Å²) in [7, 11) is 0. The minimum absolute atomic E-state index is 0.351. The van der Waals surface area contributed by atoms with E-state index in [0.717, 1.165) is 12.1 Å². The second kappa shape index (κ2) is 6.12. The fourth-order valence-corrected chi connectivity index (χ4v) is 1.57. The summed E-state index contributed by atoms with van der Waals surface area (Å²) in [5.74, 6) is -2.78. The Morgan fingerprint density at radius 2 is 1.62 bits per heavy atom. The van der Waals surface area contributed by atoms with Crippen LogP contribution in [0.2, 0.25) is 0 Å². The van der Waals surface area contributed by atoms with E-state index in [1.54, 1.807) is 0 Å². The van der Waals surface area contributed by atoms with Crippen LogP contribution in [-0.4, -0.2) is 23.3 Å². The first kappa shape index (κ1) is 17.6. The van der Waals surface area contributed by atoms with Gasteiger partial charge in [0.05, 0.1) is 10.4 Å². The molecule has 0 N–H and O–H groups in total. The van der Waals surface area contributed by atoms with Crippen molar-refractivity contribution in [1.82, 2.24) is 0 Å². The number of rotatable bonds is 4. The van der Waals surface area contributed by atoms with Crippen molar-refractivity contribution in [2.24, 2.45) is 0 Å². The zero-order valence-electron chi connectivity index (χ0n) is 10.2. The summed E-state index contributed by atoms with van der Waals surface area (Å²) in [5, 5.41) is 0. The van der Waals surface area contributed by atoms with E-state index < -0.39 is 40.4 Å². The van der Waals surface area contributed by atoms with E-state index in [-0.39, 0.29) is 0 Å². The van der Waals surface area contributed by atoms with Crippen LogP contribution in [0.1, 0.15) is 17.3 Å². The molecule has 0 aliphatic carbocycles. The molecule has 0 heterocycles. The molecule has 21 heavy (non-hydrogen) atoms. The van der Waals surface area contributed by atoms with Crippen LogP contribution in [0.3, 0.4) is 0 Å². The molecule has 0 aliphatic rings. The molecule has 0 aromatic heterocycles. The highest BCUT2D eigenvalue weighted by atomic mass is 79.9. The Balaban J connectivity index is 3.23. The lowest BCUT2D eigenvalue weighted by molar-refractivity contribution is -0.276. The zero-order valence-corrected chi connectivity index (χ0v) is 11.8. The quantitative estimate of drug-likeness (QED) is 0.439. The average Bonchev–Trinajstić information content (AvgIpc) is 2.23. The molecule has 0 fully saturated rings. The molecule has 1 rings (SSSR count). The monoisotopic (exact) mass is 380 g/mol. The van der Waals surface area contributed by atoms with Crippen LogP contribution in [0.5, 0.6) is 11.5 Å². The van der Waals surface area contributed by atoms with Crippen LogP contribution in [-0.2, 0) is 0 Å². The lowest BCUT2D eigenvalue weighted by Gasteiger charge is -2.15. The third kappa shape index (κ3) is 5.82. The molecule has 0 radical (unpaired) electrons. The summed E-state index contributed by atoms with van der Waals surface area (Å²) >= 11 is 2.86. The van der Waals surface area contributed by atoms with Crippen molar-refractivity contribution in [3.8, 4) is 11.5 Å². The summed E-state index contributed by atoms with van der Waals surface area (Å²) in [6.07, 6.45) is -10.2. The lowest BCUT2D eigenvalue weighted by atomic mass is 10.1. The average molecular weight is 381 g/mol. The highest BCUT2D eigenvalue weighted by Crippen LogP contribution is 2.33. The zero-order chi connectivity index (χ0) is 16.4. The number of carbonyl (C=O) groups is 1. The van der Waals surface area contributed by atoms with Crippen molar-refractivity contribution in [3.63, 3.8) is 0 Å². The fourth-order valence-electron chi connectivity index (χ4n) is 1.33. The Morgan fingerprint density at radius 1 is 1.10 bits per heavy atom. The van der Waals surface area contributed by atoms with Gasteiger partial charge in [-0.1, -0.05) is 15.9 Å². The van der Waals surface area contributed by atoms with Gasteiger partial charge in [-0.15, -0.1) is 26.3 Å². The van der Waals surface area contributed by atoms with Gasteiger partial charge < -0.3 is 9.47 Å². The van der Waals surface area contributed by atoms with Gasteiger partial charge in [0.25, 0.3) is 0 Å². The minimum atomic E-state index is -5.17. The number of carbonyl (C=O) groups excluding carboxylic acids is 1. The summed E-state index contributed by atoms with van der Waals surface area (Å²) in [6, 6.07) is 1.84. The molecule has 0 spiro atoms. The molecule has 0 saturated heterocycles. The molecule has 3 nitrogen and oxygen atoms in total. The summed E-state index contributed by atoms with van der Waals surface area (Å²) in [4.78, 5) is 10.8. The molecular weight excluding hydrogens is 374 g/mol. The van der Waals surface area contributed by atoms with Crippen molar-refractivity contribution in [2.45, 2.75) is 24.5 Å². The van der Waals surface area contributed by atoms with E-state index in [2.05, 4.69) is 25.4 Å². The van der Waals surface area contributed by atoms with Crippen molar-refractivity contribution in [3.05, 3.63) is 23.8 Å². The van der Waals surface area contributed by atoms with Crippen molar-refractivity contribution in [1.29, 1.82) is 0 Å². The number of ether oxygens (including phenoxy) is 2. The Hall–Kier alpha value is -1.45. The van der Waals surface area contributed by atoms with E-state index in [1.165, 1.54) is 6.92 Å². The fraction of sp³-hybridized carbons (Fsp3) is 0.364. The highest BCUT2D eigenvalue weighted by molar-refractivity contribution is 9.10. The van der Waals surface area contributed by atoms with E-state index in [0.29, 0.717) is 6.07 Å². The third-order valence-corrected chi connectivity index (χ3v) is 2.45. The van der Waals surface area contributed by atoms with Gasteiger partial charge in [-0.05, 0) is 19.1 Å². The molecule has 1 atom stereocenters. The molecular formula is C11H7BrF6O3. The SMILES string of the molecule is CC(Br)C(=O)c1ccc(OC(F)(F)F)cc1OC(F)(F)F. The number of ketones is 1. The first-order valence-corrected chi connectivity index (χ1v) is 6.14. The van der Waals surface area contributed by atoms with Gasteiger partial charge in [0.1, 0.15) is 11.5 Å². The van der Waals surface area contributed by atoms with Crippen molar-refractivity contribution < 1.29 is 40.6 Å². The summed E-state index contributed by atoms with van der Waals surface area (Å²) in [6.45, 7) is 1.35. The van der Waals surface area contributed by atoms with Crippen molar-refractivity contribution in [2.75, 3.05) is 0 Å². The van der Waals surface area contributed by atoms with E-state index in [4.69, 9.17) is 0 Å². The Bertz CT molecular complexity index is 524. The van der Waals surface area contributed by atoms with Gasteiger partial charge in [0.15, 0.2) is 5.78 Å². The van der Waals surface area contributed by atoms with Crippen LogP contribution in [0.4, 0.5) is 26.3 Å². The smallest absolute Gasteiger partial charge is 0.406 e. The van der Waals surface area contributed by atoms with Gasteiger partial charge >= 0.3 is 12.7 Å². The van der Waals surface area contributed by atoms with Gasteiger partial charge in [-0.2, -0.15) is 0 Å². The molecule has 0 amide bonds. The third-order valence-electron chi connectivity index (χ3n) is 2.04. The predicted molar refractivity (Wildman–Crippen MR) is 62.5 cm³/mol. The Kier molecular flexibility index (Phi) is 5.13. The number of alkyl halides is 7. The van der Waals surface area contributed by atoms with Crippen LogP contribution in [0, 0.1) is 0 Å². The lowest BCUT2D eigenvalue weighted by Crippen LogP contribution is -2.21. The molecule has 1 aromatic rings. The van der Waals surface area contributed by atoms with Crippen molar-refractivity contribution >= 4 is 21.7 Å². The molecule has 0 bridgehead atoms. The standard InChI is InChI=1S/C11H7BrF6O3/c1-5(12)9(19)7-3-2-6(20-10(13,14)15)4-8(7)21-11(16,17)18/h2-5H,1H3. The summed E-state index contributed by atoms with van der Waals surface area (Å²) < 4.78 is 79.9. The maximum atomic E-state index is 12.2. The second-order valence-corrected chi connectivity index (χ2v) is 5.11. The molecule has 0 saturated carbocycles. The maximum absolute atomic E-state index is 12.2. The van der Waals surface area contributed by atoms with E-state index >= 15 is 0 Å². The van der Waals surface area contributed by atoms with Gasteiger partial charge in [-0.25, -0.2) is 0 Å². The topological polar surface area (TPSA) is 35.5 Å². The van der Waals surface area contributed by atoms with Crippen LogP contribution in [0.15, 0.2) is 18.2 Å². The Labute approximate surface area is 123 Å². The van der Waals surface area contributed by atoms with Gasteiger partial charge in [0, 0.05) is 6.07 Å². The maximum Gasteiger partial charge on any atom is 0.573 e. The number of hydrogen-bond donors (Lipinski definition) is 0. The molecule has 1 aromatic carbocycles. The number of benzene rings is 1. The first-order valence-electron chi connectivity index (χ1n) is 5.23. The molecule has 118 valence electrons. The predicted octanol–water partition coefficient (Wildman–Crippen LogP) is 4.45. The van der Waals surface area contributed by atoms with Crippen LogP contribution >= 0.6 is 15.9 Å². The minimum Gasteiger partial charge on any atom is -0.406 e. The second-order valence-electron chi connectivity index (χ2n) is 3.73. The largest absolute Gasteiger partial charge is 0.573 e. The molecule has 1 unspecified atom stereocenters.